The number of hydrogen-bond acceptors (Lipinski definition) is 2. The van der Waals surface area contributed by atoms with E-state index < -0.39 is 0 Å². The predicted octanol–water partition coefficient (Wildman–Crippen LogP) is 3.43. The highest BCUT2D eigenvalue weighted by atomic mass is 79.9. The number of halogens is 1. The second-order valence-corrected chi connectivity index (χ2v) is 6.01. The van der Waals surface area contributed by atoms with Crippen molar-refractivity contribution in [2.75, 3.05) is 0 Å². The van der Waals surface area contributed by atoms with Crippen LogP contribution in [0.2, 0.25) is 0 Å². The van der Waals surface area contributed by atoms with E-state index >= 15 is 0 Å². The highest BCUT2D eigenvalue weighted by Gasteiger charge is 2.12. The second kappa shape index (κ2) is 5.13. The fourth-order valence-corrected chi connectivity index (χ4v) is 2.75. The molecule has 0 radical (unpaired) electrons. The van der Waals surface area contributed by atoms with Crippen LogP contribution >= 0.6 is 27.3 Å². The van der Waals surface area contributed by atoms with Crippen LogP contribution < -0.4 is 5.73 Å². The summed E-state index contributed by atoms with van der Waals surface area (Å²) < 4.78 is 1.19. The summed E-state index contributed by atoms with van der Waals surface area (Å²) in [6.45, 7) is 4.40. The van der Waals surface area contributed by atoms with E-state index in [4.69, 9.17) is 5.73 Å². The van der Waals surface area contributed by atoms with Gasteiger partial charge in [0.15, 0.2) is 0 Å². The van der Waals surface area contributed by atoms with Crippen LogP contribution in [-0.4, -0.2) is 6.04 Å². The van der Waals surface area contributed by atoms with Crippen LogP contribution in [0, 0.1) is 5.92 Å². The maximum atomic E-state index is 6.06. The van der Waals surface area contributed by atoms with Gasteiger partial charge < -0.3 is 5.73 Å². The molecule has 2 atom stereocenters. The normalized spacial score (nSPS) is 15.7. The molecule has 0 aliphatic carbocycles. The summed E-state index contributed by atoms with van der Waals surface area (Å²) in [5.41, 5.74) is 6.06. The minimum absolute atomic E-state index is 0.301. The van der Waals surface area contributed by atoms with Crippen LogP contribution in [0.1, 0.15) is 25.1 Å². The lowest BCUT2D eigenvalue weighted by Gasteiger charge is -2.16. The van der Waals surface area contributed by atoms with Gasteiger partial charge in [0.2, 0.25) is 0 Å². The van der Waals surface area contributed by atoms with E-state index in [1.807, 2.05) is 0 Å². The van der Waals surface area contributed by atoms with Crippen LogP contribution in [0.15, 0.2) is 15.9 Å². The van der Waals surface area contributed by atoms with Crippen molar-refractivity contribution in [2.24, 2.45) is 11.7 Å². The monoisotopic (exact) mass is 261 g/mol. The van der Waals surface area contributed by atoms with Gasteiger partial charge in [0, 0.05) is 10.9 Å². The van der Waals surface area contributed by atoms with Gasteiger partial charge in [0.05, 0.1) is 3.79 Å². The van der Waals surface area contributed by atoms with Crippen LogP contribution in [0.5, 0.6) is 0 Å². The zero-order chi connectivity index (χ0) is 9.84. The summed E-state index contributed by atoms with van der Waals surface area (Å²) in [7, 11) is 0. The summed E-state index contributed by atoms with van der Waals surface area (Å²) in [6, 6.07) is 4.54. The highest BCUT2D eigenvalue weighted by molar-refractivity contribution is 9.11. The first-order valence-electron chi connectivity index (χ1n) is 4.63. The van der Waals surface area contributed by atoms with Gasteiger partial charge in [0.1, 0.15) is 0 Å². The summed E-state index contributed by atoms with van der Waals surface area (Å²) in [6.07, 6.45) is 2.17. The fourth-order valence-electron chi connectivity index (χ4n) is 1.20. The minimum atomic E-state index is 0.301. The van der Waals surface area contributed by atoms with Gasteiger partial charge in [-0.05, 0) is 40.4 Å². The van der Waals surface area contributed by atoms with Crippen molar-refractivity contribution in [3.05, 3.63) is 20.8 Å². The molecule has 0 aliphatic heterocycles. The summed E-state index contributed by atoms with van der Waals surface area (Å²) in [4.78, 5) is 1.37. The quantitative estimate of drug-likeness (QED) is 0.883. The zero-order valence-corrected chi connectivity index (χ0v) is 10.5. The first-order valence-corrected chi connectivity index (χ1v) is 6.24. The third-order valence-electron chi connectivity index (χ3n) is 2.44. The molecule has 0 spiro atoms. The Labute approximate surface area is 92.5 Å². The standard InChI is InChI=1S/C10H16BrNS/c1-3-7(2)9(12)6-8-4-5-10(11)13-8/h4-5,7,9H,3,6,12H2,1-2H3. The van der Waals surface area contributed by atoms with Gasteiger partial charge >= 0.3 is 0 Å². The molecule has 2 unspecified atom stereocenters. The molecule has 0 bridgehead atoms. The number of nitrogens with two attached hydrogens (primary N) is 1. The molecule has 1 nitrogen and oxygen atoms in total. The van der Waals surface area contributed by atoms with Crippen molar-refractivity contribution >= 4 is 27.3 Å². The van der Waals surface area contributed by atoms with Gasteiger partial charge in [-0.2, -0.15) is 0 Å². The van der Waals surface area contributed by atoms with Crippen LogP contribution in [0.25, 0.3) is 0 Å². The summed E-state index contributed by atoms with van der Waals surface area (Å²) in [5, 5.41) is 0. The Morgan fingerprint density at radius 1 is 1.54 bits per heavy atom. The molecule has 0 saturated carbocycles. The number of rotatable bonds is 4. The molecule has 1 rings (SSSR count). The SMILES string of the molecule is CCC(C)C(N)Cc1ccc(Br)s1. The number of thiophene rings is 1. The van der Waals surface area contributed by atoms with E-state index in [1.165, 1.54) is 8.66 Å². The zero-order valence-electron chi connectivity index (χ0n) is 8.09. The molecule has 0 aliphatic rings. The topological polar surface area (TPSA) is 26.0 Å². The third-order valence-corrected chi connectivity index (χ3v) is 4.09. The van der Waals surface area contributed by atoms with Gasteiger partial charge in [-0.3, -0.25) is 0 Å². The van der Waals surface area contributed by atoms with Crippen LogP contribution in [-0.2, 0) is 6.42 Å². The lowest BCUT2D eigenvalue weighted by Crippen LogP contribution is -2.29. The average molecular weight is 262 g/mol. The van der Waals surface area contributed by atoms with Crippen molar-refractivity contribution in [3.8, 4) is 0 Å². The van der Waals surface area contributed by atoms with E-state index in [9.17, 15) is 0 Å². The molecule has 0 fully saturated rings. The van der Waals surface area contributed by atoms with E-state index in [0.29, 0.717) is 12.0 Å². The summed E-state index contributed by atoms with van der Waals surface area (Å²) in [5.74, 6) is 0.612. The molecule has 0 saturated heterocycles. The van der Waals surface area contributed by atoms with Crippen molar-refractivity contribution in [3.63, 3.8) is 0 Å². The van der Waals surface area contributed by atoms with Crippen molar-refractivity contribution in [2.45, 2.75) is 32.7 Å². The van der Waals surface area contributed by atoms with E-state index in [1.54, 1.807) is 11.3 Å². The molecule has 1 aromatic heterocycles. The molecular weight excluding hydrogens is 246 g/mol. The Hall–Kier alpha value is 0.140. The molecular formula is C10H16BrNS. The smallest absolute Gasteiger partial charge is 0.0701 e. The second-order valence-electron chi connectivity index (χ2n) is 3.46. The minimum Gasteiger partial charge on any atom is -0.327 e. The maximum absolute atomic E-state index is 6.06. The molecule has 0 amide bonds. The lowest BCUT2D eigenvalue weighted by atomic mass is 9.97. The Bertz CT molecular complexity index is 259. The number of hydrogen-bond donors (Lipinski definition) is 1. The average Bonchev–Trinajstić information content (AvgIpc) is 2.49. The first-order chi connectivity index (χ1) is 6.13. The molecule has 2 N–H and O–H groups in total. The lowest BCUT2D eigenvalue weighted by molar-refractivity contribution is 0.442. The highest BCUT2D eigenvalue weighted by Crippen LogP contribution is 2.24. The van der Waals surface area contributed by atoms with Gasteiger partial charge in [-0.25, -0.2) is 0 Å². The van der Waals surface area contributed by atoms with Crippen molar-refractivity contribution in [1.29, 1.82) is 0 Å². The van der Waals surface area contributed by atoms with Crippen molar-refractivity contribution in [1.82, 2.24) is 0 Å². The van der Waals surface area contributed by atoms with Crippen LogP contribution in [0.4, 0.5) is 0 Å². The molecule has 13 heavy (non-hydrogen) atoms. The van der Waals surface area contributed by atoms with E-state index in [0.717, 1.165) is 12.8 Å². The molecule has 1 aromatic rings. The van der Waals surface area contributed by atoms with Crippen molar-refractivity contribution < 1.29 is 0 Å². The first kappa shape index (κ1) is 11.2. The van der Waals surface area contributed by atoms with Crippen LogP contribution in [0.3, 0.4) is 0 Å². The van der Waals surface area contributed by atoms with E-state index in [2.05, 4.69) is 41.9 Å². The molecule has 0 aromatic carbocycles. The largest absolute Gasteiger partial charge is 0.327 e. The molecule has 3 heteroatoms. The van der Waals surface area contributed by atoms with E-state index in [-0.39, 0.29) is 0 Å². The summed E-state index contributed by atoms with van der Waals surface area (Å²) >= 11 is 5.23. The Balaban J connectivity index is 2.49. The van der Waals surface area contributed by atoms with Gasteiger partial charge in [-0.15, -0.1) is 11.3 Å². The predicted molar refractivity (Wildman–Crippen MR) is 63.2 cm³/mol. The Morgan fingerprint density at radius 2 is 2.23 bits per heavy atom. The molecule has 1 heterocycles. The maximum Gasteiger partial charge on any atom is 0.0701 e. The molecule has 74 valence electrons. The third kappa shape index (κ3) is 3.41. The fraction of sp³-hybridized carbons (Fsp3) is 0.600. The van der Waals surface area contributed by atoms with Gasteiger partial charge in [0.25, 0.3) is 0 Å². The van der Waals surface area contributed by atoms with Gasteiger partial charge in [-0.1, -0.05) is 20.3 Å². The Morgan fingerprint density at radius 3 is 2.69 bits per heavy atom. The Kier molecular flexibility index (Phi) is 4.42.